The fourth-order valence-corrected chi connectivity index (χ4v) is 3.27. The standard InChI is InChI=1S/C16H15FN4/c1-8-9(4-3-7-12(8)17)14-11-6-2-5-10(11)13-15(18)20-21-16(13)19-14/h3-4,7H,2,5-6H2,1H3,(H3,18,19,20,21). The van der Waals surface area contributed by atoms with Gasteiger partial charge in [-0.1, -0.05) is 12.1 Å². The molecule has 106 valence electrons. The smallest absolute Gasteiger partial charge is 0.158 e. The summed E-state index contributed by atoms with van der Waals surface area (Å²) in [7, 11) is 0. The first-order chi connectivity index (χ1) is 10.2. The minimum absolute atomic E-state index is 0.203. The minimum atomic E-state index is -0.203. The number of nitrogens with zero attached hydrogens (tertiary/aromatic N) is 2. The summed E-state index contributed by atoms with van der Waals surface area (Å²) in [5, 5.41) is 7.88. The quantitative estimate of drug-likeness (QED) is 0.720. The predicted octanol–water partition coefficient (Wildman–Crippen LogP) is 3.14. The molecule has 5 heteroatoms. The van der Waals surface area contributed by atoms with Gasteiger partial charge in [-0.25, -0.2) is 9.37 Å². The van der Waals surface area contributed by atoms with E-state index in [-0.39, 0.29) is 5.82 Å². The van der Waals surface area contributed by atoms with E-state index < -0.39 is 0 Å². The third-order valence-corrected chi connectivity index (χ3v) is 4.33. The van der Waals surface area contributed by atoms with Crippen molar-refractivity contribution in [2.75, 3.05) is 5.73 Å². The average Bonchev–Trinajstić information content (AvgIpc) is 3.08. The molecular weight excluding hydrogens is 267 g/mol. The number of anilines is 1. The maximum absolute atomic E-state index is 13.9. The van der Waals surface area contributed by atoms with Gasteiger partial charge in [-0.3, -0.25) is 5.10 Å². The van der Waals surface area contributed by atoms with Gasteiger partial charge in [0.25, 0.3) is 0 Å². The molecule has 0 saturated carbocycles. The van der Waals surface area contributed by atoms with Crippen LogP contribution in [0.5, 0.6) is 0 Å². The lowest BCUT2D eigenvalue weighted by atomic mass is 9.97. The Labute approximate surface area is 121 Å². The van der Waals surface area contributed by atoms with E-state index in [2.05, 4.69) is 15.2 Å². The molecule has 0 spiro atoms. The van der Waals surface area contributed by atoms with E-state index in [0.29, 0.717) is 17.0 Å². The van der Waals surface area contributed by atoms with Crippen molar-refractivity contribution >= 4 is 16.9 Å². The lowest BCUT2D eigenvalue weighted by molar-refractivity contribution is 0.619. The van der Waals surface area contributed by atoms with Crippen molar-refractivity contribution < 1.29 is 4.39 Å². The molecule has 0 aliphatic heterocycles. The Kier molecular flexibility index (Phi) is 2.51. The highest BCUT2D eigenvalue weighted by Crippen LogP contribution is 2.38. The van der Waals surface area contributed by atoms with Gasteiger partial charge in [0.1, 0.15) is 5.82 Å². The van der Waals surface area contributed by atoms with E-state index >= 15 is 0 Å². The number of halogens is 1. The van der Waals surface area contributed by atoms with Crippen molar-refractivity contribution in [2.45, 2.75) is 26.2 Å². The average molecular weight is 282 g/mol. The third-order valence-electron chi connectivity index (χ3n) is 4.33. The number of aromatic amines is 1. The van der Waals surface area contributed by atoms with E-state index in [9.17, 15) is 4.39 Å². The molecule has 0 bridgehead atoms. The van der Waals surface area contributed by atoms with E-state index in [1.165, 1.54) is 17.2 Å². The molecule has 0 amide bonds. The molecule has 3 aromatic rings. The molecule has 21 heavy (non-hydrogen) atoms. The second-order valence-electron chi connectivity index (χ2n) is 5.52. The minimum Gasteiger partial charge on any atom is -0.382 e. The monoisotopic (exact) mass is 282 g/mol. The summed E-state index contributed by atoms with van der Waals surface area (Å²) in [6.45, 7) is 1.79. The van der Waals surface area contributed by atoms with Gasteiger partial charge in [0.15, 0.2) is 11.5 Å². The maximum Gasteiger partial charge on any atom is 0.158 e. The Balaban J connectivity index is 2.08. The number of aromatic nitrogens is 3. The van der Waals surface area contributed by atoms with E-state index in [1.807, 2.05) is 6.07 Å². The second kappa shape index (κ2) is 4.28. The highest BCUT2D eigenvalue weighted by atomic mass is 19.1. The first-order valence-corrected chi connectivity index (χ1v) is 7.07. The molecule has 4 rings (SSSR count). The highest BCUT2D eigenvalue weighted by molar-refractivity contribution is 5.93. The summed E-state index contributed by atoms with van der Waals surface area (Å²) in [6, 6.07) is 5.13. The van der Waals surface area contributed by atoms with Crippen LogP contribution in [0.2, 0.25) is 0 Å². The van der Waals surface area contributed by atoms with Gasteiger partial charge >= 0.3 is 0 Å². The first-order valence-electron chi connectivity index (χ1n) is 7.07. The third kappa shape index (κ3) is 1.67. The normalized spacial score (nSPS) is 13.8. The molecule has 4 nitrogen and oxygen atoms in total. The predicted molar refractivity (Wildman–Crippen MR) is 80.5 cm³/mol. The van der Waals surface area contributed by atoms with Crippen molar-refractivity contribution in [2.24, 2.45) is 0 Å². The Morgan fingerprint density at radius 1 is 1.24 bits per heavy atom. The van der Waals surface area contributed by atoms with Gasteiger partial charge < -0.3 is 5.73 Å². The van der Waals surface area contributed by atoms with Crippen LogP contribution in [0.3, 0.4) is 0 Å². The summed E-state index contributed by atoms with van der Waals surface area (Å²) in [6.07, 6.45) is 3.00. The van der Waals surface area contributed by atoms with Crippen molar-refractivity contribution in [3.8, 4) is 11.3 Å². The first kappa shape index (κ1) is 12.3. The molecule has 1 aliphatic carbocycles. The van der Waals surface area contributed by atoms with Crippen LogP contribution >= 0.6 is 0 Å². The lowest BCUT2D eigenvalue weighted by Gasteiger charge is -2.12. The second-order valence-corrected chi connectivity index (χ2v) is 5.52. The number of nitrogens with one attached hydrogen (secondary N) is 1. The van der Waals surface area contributed by atoms with Crippen LogP contribution in [0.15, 0.2) is 18.2 Å². The van der Waals surface area contributed by atoms with Crippen LogP contribution in [-0.4, -0.2) is 15.2 Å². The van der Waals surface area contributed by atoms with Crippen LogP contribution in [0, 0.1) is 12.7 Å². The number of fused-ring (bicyclic) bond motifs is 3. The van der Waals surface area contributed by atoms with Crippen molar-refractivity contribution in [3.05, 3.63) is 40.7 Å². The molecule has 0 radical (unpaired) electrons. The fraction of sp³-hybridized carbons (Fsp3) is 0.250. The highest BCUT2D eigenvalue weighted by Gasteiger charge is 2.24. The topological polar surface area (TPSA) is 67.6 Å². The Morgan fingerprint density at radius 2 is 2.05 bits per heavy atom. The zero-order chi connectivity index (χ0) is 14.6. The Bertz CT molecular complexity index is 866. The van der Waals surface area contributed by atoms with Crippen LogP contribution in [-0.2, 0) is 12.8 Å². The van der Waals surface area contributed by atoms with Crippen LogP contribution in [0.1, 0.15) is 23.1 Å². The molecule has 1 aliphatic rings. The van der Waals surface area contributed by atoms with Crippen molar-refractivity contribution in [3.63, 3.8) is 0 Å². The molecular formula is C16H15FN4. The molecule has 0 fully saturated rings. The number of nitrogens with two attached hydrogens (primary N) is 1. The number of nitrogen functional groups attached to an aromatic ring is 1. The zero-order valence-electron chi connectivity index (χ0n) is 11.7. The number of benzene rings is 1. The van der Waals surface area contributed by atoms with Gasteiger partial charge in [0.05, 0.1) is 11.1 Å². The van der Waals surface area contributed by atoms with E-state index in [1.54, 1.807) is 13.0 Å². The van der Waals surface area contributed by atoms with E-state index in [4.69, 9.17) is 5.73 Å². The number of aryl methyl sites for hydroxylation is 1. The molecule has 0 atom stereocenters. The number of H-pyrrole nitrogens is 1. The number of pyridine rings is 1. The summed E-state index contributed by atoms with van der Waals surface area (Å²) < 4.78 is 13.9. The Hall–Kier alpha value is -2.43. The molecule has 2 heterocycles. The van der Waals surface area contributed by atoms with Gasteiger partial charge in [-0.05, 0) is 48.9 Å². The largest absolute Gasteiger partial charge is 0.382 e. The molecule has 2 aromatic heterocycles. The van der Waals surface area contributed by atoms with Gasteiger partial charge in [-0.2, -0.15) is 5.10 Å². The molecule has 0 saturated heterocycles. The van der Waals surface area contributed by atoms with Gasteiger partial charge in [0.2, 0.25) is 0 Å². The summed E-state index contributed by atoms with van der Waals surface area (Å²) >= 11 is 0. The fourth-order valence-electron chi connectivity index (χ4n) is 3.27. The van der Waals surface area contributed by atoms with Crippen LogP contribution in [0.25, 0.3) is 22.3 Å². The molecule has 0 unspecified atom stereocenters. The van der Waals surface area contributed by atoms with E-state index in [0.717, 1.165) is 35.9 Å². The SMILES string of the molecule is Cc1c(F)cccc1-c1nc2[nH]nc(N)c2c2c1CCC2. The molecule has 3 N–H and O–H groups in total. The van der Waals surface area contributed by atoms with Crippen LogP contribution in [0.4, 0.5) is 10.2 Å². The van der Waals surface area contributed by atoms with Gasteiger partial charge in [-0.15, -0.1) is 0 Å². The van der Waals surface area contributed by atoms with Gasteiger partial charge in [0, 0.05) is 5.56 Å². The Morgan fingerprint density at radius 3 is 2.90 bits per heavy atom. The number of hydrogen-bond acceptors (Lipinski definition) is 3. The maximum atomic E-state index is 13.9. The summed E-state index contributed by atoms with van der Waals surface area (Å²) in [4.78, 5) is 4.68. The van der Waals surface area contributed by atoms with Crippen LogP contribution < -0.4 is 5.73 Å². The zero-order valence-corrected chi connectivity index (χ0v) is 11.7. The lowest BCUT2D eigenvalue weighted by Crippen LogP contribution is -1.98. The molecule has 1 aromatic carbocycles. The number of rotatable bonds is 1. The summed E-state index contributed by atoms with van der Waals surface area (Å²) in [5.74, 6) is 0.295. The summed E-state index contributed by atoms with van der Waals surface area (Å²) in [5.41, 5.74) is 11.4. The number of hydrogen-bond donors (Lipinski definition) is 2. The van der Waals surface area contributed by atoms with Crippen molar-refractivity contribution in [1.29, 1.82) is 0 Å². The van der Waals surface area contributed by atoms with Crippen molar-refractivity contribution in [1.82, 2.24) is 15.2 Å².